The molecule has 0 aromatic carbocycles. The lowest BCUT2D eigenvalue weighted by atomic mass is 9.89. The van der Waals surface area contributed by atoms with Gasteiger partial charge in [0.1, 0.15) is 12.2 Å². The highest BCUT2D eigenvalue weighted by molar-refractivity contribution is 5.97. The second-order valence-electron chi connectivity index (χ2n) is 6.43. The Labute approximate surface area is 123 Å². The van der Waals surface area contributed by atoms with Gasteiger partial charge < -0.3 is 14.8 Å². The maximum absolute atomic E-state index is 12.3. The zero-order chi connectivity index (χ0) is 15.0. The first-order valence-corrected chi connectivity index (χ1v) is 7.61. The van der Waals surface area contributed by atoms with Crippen LogP contribution in [0, 0.1) is 24.7 Å². The Balaban J connectivity index is 1.62. The summed E-state index contributed by atoms with van der Waals surface area (Å²) in [6, 6.07) is 0. The fraction of sp³-hybridized carbons (Fsp3) is 0.625. The van der Waals surface area contributed by atoms with E-state index in [0.29, 0.717) is 23.6 Å². The number of fused-ring (bicyclic) bond motifs is 2. The summed E-state index contributed by atoms with van der Waals surface area (Å²) in [7, 11) is 0. The summed E-state index contributed by atoms with van der Waals surface area (Å²) in [6.45, 7) is 2.46. The van der Waals surface area contributed by atoms with E-state index in [1.807, 2.05) is 0 Å². The van der Waals surface area contributed by atoms with E-state index >= 15 is 0 Å². The summed E-state index contributed by atoms with van der Waals surface area (Å²) in [5, 5.41) is 11.8. The molecule has 1 aromatic rings. The van der Waals surface area contributed by atoms with Crippen LogP contribution < -0.4 is 5.32 Å². The molecule has 2 saturated carbocycles. The molecule has 2 aliphatic rings. The van der Waals surface area contributed by atoms with Gasteiger partial charge in [-0.2, -0.15) is 0 Å². The fourth-order valence-electron chi connectivity index (χ4n) is 4.01. The summed E-state index contributed by atoms with van der Waals surface area (Å²) in [6.07, 6.45) is 6.36. The predicted molar refractivity (Wildman–Crippen MR) is 76.1 cm³/mol. The second kappa shape index (κ2) is 5.54. The normalized spacial score (nSPS) is 27.0. The standard InChI is InChI=1S/C16H21NO4/c1-9-8-21-13(6-14(18)19)15(9)16(20)17-7-12-5-10-2-3-11(12)4-10/h8,10-12H,2-7H2,1H3,(H,17,20)(H,18,19). The quantitative estimate of drug-likeness (QED) is 0.873. The molecule has 2 fully saturated rings. The highest BCUT2D eigenvalue weighted by Gasteiger charge is 2.39. The van der Waals surface area contributed by atoms with Crippen LogP contribution >= 0.6 is 0 Å². The number of rotatable bonds is 5. The zero-order valence-corrected chi connectivity index (χ0v) is 12.2. The molecule has 2 bridgehead atoms. The van der Waals surface area contributed by atoms with Gasteiger partial charge in [0.15, 0.2) is 0 Å². The maximum Gasteiger partial charge on any atom is 0.311 e. The van der Waals surface area contributed by atoms with Crippen molar-refractivity contribution in [1.82, 2.24) is 5.32 Å². The number of hydrogen-bond donors (Lipinski definition) is 2. The van der Waals surface area contributed by atoms with Gasteiger partial charge in [-0.3, -0.25) is 9.59 Å². The van der Waals surface area contributed by atoms with Crippen LogP contribution in [0.2, 0.25) is 0 Å². The fourth-order valence-corrected chi connectivity index (χ4v) is 4.01. The molecule has 2 N–H and O–H groups in total. The number of amides is 1. The number of nitrogens with one attached hydrogen (secondary N) is 1. The van der Waals surface area contributed by atoms with Crippen molar-refractivity contribution < 1.29 is 19.1 Å². The predicted octanol–water partition coefficient (Wildman–Crippen LogP) is 2.38. The number of hydrogen-bond acceptors (Lipinski definition) is 3. The molecule has 2 aliphatic carbocycles. The Morgan fingerprint density at radius 1 is 1.38 bits per heavy atom. The van der Waals surface area contributed by atoms with E-state index in [1.54, 1.807) is 6.92 Å². The zero-order valence-electron chi connectivity index (χ0n) is 12.2. The van der Waals surface area contributed by atoms with Gasteiger partial charge in [-0.15, -0.1) is 0 Å². The van der Waals surface area contributed by atoms with E-state index in [0.717, 1.165) is 11.8 Å². The van der Waals surface area contributed by atoms with E-state index in [9.17, 15) is 9.59 Å². The summed E-state index contributed by atoms with van der Waals surface area (Å²) < 4.78 is 5.21. The van der Waals surface area contributed by atoms with E-state index in [2.05, 4.69) is 5.32 Å². The average Bonchev–Trinajstić information content (AvgIpc) is 3.11. The van der Waals surface area contributed by atoms with Crippen LogP contribution in [0.25, 0.3) is 0 Å². The van der Waals surface area contributed by atoms with Crippen molar-refractivity contribution in [3.63, 3.8) is 0 Å². The third-order valence-corrected chi connectivity index (χ3v) is 5.00. The van der Waals surface area contributed by atoms with Gasteiger partial charge in [0.05, 0.1) is 11.8 Å². The number of carboxylic acid groups (broad SMARTS) is 1. The molecule has 0 aliphatic heterocycles. The second-order valence-corrected chi connectivity index (χ2v) is 6.43. The molecule has 21 heavy (non-hydrogen) atoms. The minimum atomic E-state index is -0.994. The van der Waals surface area contributed by atoms with E-state index in [1.165, 1.54) is 31.9 Å². The van der Waals surface area contributed by atoms with Crippen molar-refractivity contribution >= 4 is 11.9 Å². The summed E-state index contributed by atoms with van der Waals surface area (Å²) in [4.78, 5) is 23.1. The number of carboxylic acids is 1. The monoisotopic (exact) mass is 291 g/mol. The average molecular weight is 291 g/mol. The van der Waals surface area contributed by atoms with E-state index < -0.39 is 5.97 Å². The van der Waals surface area contributed by atoms with Gasteiger partial charge in [0.25, 0.3) is 5.91 Å². The van der Waals surface area contributed by atoms with Crippen LogP contribution in [0.1, 0.15) is 47.4 Å². The van der Waals surface area contributed by atoms with Gasteiger partial charge in [-0.1, -0.05) is 6.42 Å². The summed E-state index contributed by atoms with van der Waals surface area (Å²) in [5.41, 5.74) is 1.08. The first kappa shape index (κ1) is 14.2. The van der Waals surface area contributed by atoms with Crippen molar-refractivity contribution in [2.75, 3.05) is 6.54 Å². The van der Waals surface area contributed by atoms with Crippen LogP contribution in [-0.4, -0.2) is 23.5 Å². The van der Waals surface area contributed by atoms with Crippen molar-refractivity contribution in [2.45, 2.75) is 39.0 Å². The molecule has 5 heteroatoms. The molecule has 5 nitrogen and oxygen atoms in total. The molecule has 0 saturated heterocycles. The van der Waals surface area contributed by atoms with Gasteiger partial charge in [0, 0.05) is 12.1 Å². The molecule has 1 aromatic heterocycles. The molecular formula is C16H21NO4. The largest absolute Gasteiger partial charge is 0.481 e. The topological polar surface area (TPSA) is 79.5 Å². The molecule has 1 heterocycles. The Hall–Kier alpha value is -1.78. The van der Waals surface area contributed by atoms with Gasteiger partial charge in [-0.25, -0.2) is 0 Å². The third-order valence-electron chi connectivity index (χ3n) is 5.00. The van der Waals surface area contributed by atoms with Crippen molar-refractivity contribution in [1.29, 1.82) is 0 Å². The third kappa shape index (κ3) is 2.82. The molecule has 3 rings (SSSR count). The summed E-state index contributed by atoms with van der Waals surface area (Å²) >= 11 is 0. The highest BCUT2D eigenvalue weighted by atomic mass is 16.4. The smallest absolute Gasteiger partial charge is 0.311 e. The van der Waals surface area contributed by atoms with E-state index in [-0.39, 0.29) is 18.1 Å². The first-order valence-electron chi connectivity index (χ1n) is 7.61. The lowest BCUT2D eigenvalue weighted by molar-refractivity contribution is -0.136. The van der Waals surface area contributed by atoms with Crippen molar-refractivity contribution in [3.8, 4) is 0 Å². The van der Waals surface area contributed by atoms with Crippen molar-refractivity contribution in [2.24, 2.45) is 17.8 Å². The number of carbonyl (C=O) groups excluding carboxylic acids is 1. The minimum Gasteiger partial charge on any atom is -0.481 e. The minimum absolute atomic E-state index is 0.208. The van der Waals surface area contributed by atoms with Crippen LogP contribution in [0.4, 0.5) is 0 Å². The van der Waals surface area contributed by atoms with Crippen LogP contribution in [0.15, 0.2) is 10.7 Å². The van der Waals surface area contributed by atoms with Crippen LogP contribution in [0.3, 0.4) is 0 Å². The highest BCUT2D eigenvalue weighted by Crippen LogP contribution is 2.47. The Morgan fingerprint density at radius 3 is 2.81 bits per heavy atom. The lowest BCUT2D eigenvalue weighted by Gasteiger charge is -2.21. The van der Waals surface area contributed by atoms with Gasteiger partial charge >= 0.3 is 5.97 Å². The Bertz CT molecular complexity index is 563. The van der Waals surface area contributed by atoms with Crippen LogP contribution in [0.5, 0.6) is 0 Å². The van der Waals surface area contributed by atoms with E-state index in [4.69, 9.17) is 9.52 Å². The molecular weight excluding hydrogens is 270 g/mol. The lowest BCUT2D eigenvalue weighted by Crippen LogP contribution is -2.32. The molecule has 3 unspecified atom stereocenters. The molecule has 0 radical (unpaired) electrons. The molecule has 114 valence electrons. The molecule has 0 spiro atoms. The number of furan rings is 1. The SMILES string of the molecule is Cc1coc(CC(=O)O)c1C(=O)NCC1CC2CCC1C2. The van der Waals surface area contributed by atoms with Gasteiger partial charge in [0.2, 0.25) is 0 Å². The summed E-state index contributed by atoms with van der Waals surface area (Å²) in [5.74, 6) is 1.24. The molecule has 3 atom stereocenters. The Morgan fingerprint density at radius 2 is 2.19 bits per heavy atom. The first-order chi connectivity index (χ1) is 10.0. The Kier molecular flexibility index (Phi) is 3.74. The molecule has 1 amide bonds. The van der Waals surface area contributed by atoms with Gasteiger partial charge in [-0.05, 0) is 43.9 Å². The number of aliphatic carboxylic acids is 1. The number of carbonyl (C=O) groups is 2. The van der Waals surface area contributed by atoms with Crippen molar-refractivity contribution in [3.05, 3.63) is 23.2 Å². The maximum atomic E-state index is 12.3. The number of aryl methyl sites for hydroxylation is 1. The van der Waals surface area contributed by atoms with Crippen LogP contribution in [-0.2, 0) is 11.2 Å².